The van der Waals surface area contributed by atoms with Crippen molar-refractivity contribution in [1.82, 2.24) is 15.0 Å². The zero-order chi connectivity index (χ0) is 12.4. The number of hydrogen-bond donors (Lipinski definition) is 1. The molecule has 4 nitrogen and oxygen atoms in total. The first kappa shape index (κ1) is 11.7. The molecule has 0 bridgehead atoms. The van der Waals surface area contributed by atoms with E-state index in [1.54, 1.807) is 25.3 Å². The monoisotopic (exact) mass is 235 g/mol. The maximum absolute atomic E-state index is 13.7. The molecule has 1 aromatic carbocycles. The lowest BCUT2D eigenvalue weighted by Crippen LogP contribution is -2.01. The summed E-state index contributed by atoms with van der Waals surface area (Å²) in [7, 11) is 0. The molecular weight excluding hydrogens is 221 g/mol. The average Bonchev–Trinajstić information content (AvgIpc) is 2.77. The van der Waals surface area contributed by atoms with Gasteiger partial charge in [0, 0.05) is 0 Å². The van der Waals surface area contributed by atoms with E-state index < -0.39 is 6.10 Å². The highest BCUT2D eigenvalue weighted by molar-refractivity contribution is 5.40. The third-order valence-corrected chi connectivity index (χ3v) is 2.66. The van der Waals surface area contributed by atoms with Crippen LogP contribution in [0, 0.1) is 12.7 Å². The molecule has 1 unspecified atom stereocenters. The Morgan fingerprint density at radius 1 is 1.47 bits per heavy atom. The van der Waals surface area contributed by atoms with E-state index in [0.29, 0.717) is 17.8 Å². The summed E-state index contributed by atoms with van der Waals surface area (Å²) < 4.78 is 15.0. The Kier molecular flexibility index (Phi) is 3.19. The van der Waals surface area contributed by atoms with E-state index in [1.165, 1.54) is 10.7 Å². The summed E-state index contributed by atoms with van der Waals surface area (Å²) in [6.07, 6.45) is 1.45. The van der Waals surface area contributed by atoms with Crippen LogP contribution in [0.5, 0.6) is 0 Å². The van der Waals surface area contributed by atoms with Gasteiger partial charge in [0.1, 0.15) is 17.2 Å². The molecule has 2 rings (SSSR count). The smallest absolute Gasteiger partial charge is 0.149 e. The molecule has 0 radical (unpaired) electrons. The van der Waals surface area contributed by atoms with Gasteiger partial charge >= 0.3 is 0 Å². The first-order chi connectivity index (χ1) is 8.13. The number of hydrogen-bond acceptors (Lipinski definition) is 3. The summed E-state index contributed by atoms with van der Waals surface area (Å²) in [5.41, 5.74) is 1.59. The van der Waals surface area contributed by atoms with Crippen molar-refractivity contribution in [3.8, 4) is 5.69 Å². The fourth-order valence-corrected chi connectivity index (χ4v) is 1.66. The van der Waals surface area contributed by atoms with Gasteiger partial charge in [-0.15, -0.1) is 5.10 Å². The molecule has 0 fully saturated rings. The van der Waals surface area contributed by atoms with Crippen molar-refractivity contribution in [2.75, 3.05) is 0 Å². The predicted molar refractivity (Wildman–Crippen MR) is 61.3 cm³/mol. The lowest BCUT2D eigenvalue weighted by atomic mass is 10.2. The SMILES string of the molecule is CCC(O)c1cn(-c2c(C)cccc2F)nn1. The van der Waals surface area contributed by atoms with Crippen LogP contribution in [-0.4, -0.2) is 20.1 Å². The van der Waals surface area contributed by atoms with Crippen LogP contribution in [-0.2, 0) is 0 Å². The minimum atomic E-state index is -0.657. The molecule has 1 heterocycles. The second-order valence-electron chi connectivity index (χ2n) is 3.92. The Morgan fingerprint density at radius 2 is 2.24 bits per heavy atom. The van der Waals surface area contributed by atoms with Crippen molar-refractivity contribution in [2.24, 2.45) is 0 Å². The number of aromatic nitrogens is 3. The highest BCUT2D eigenvalue weighted by atomic mass is 19.1. The third-order valence-electron chi connectivity index (χ3n) is 2.66. The normalized spacial score (nSPS) is 12.7. The molecule has 90 valence electrons. The lowest BCUT2D eigenvalue weighted by molar-refractivity contribution is 0.169. The standard InChI is InChI=1S/C12H14FN3O/c1-3-11(17)10-7-16(15-14-10)12-8(2)5-4-6-9(12)13/h4-7,11,17H,3H2,1-2H3. The van der Waals surface area contributed by atoms with Gasteiger partial charge in [-0.25, -0.2) is 9.07 Å². The zero-order valence-electron chi connectivity index (χ0n) is 9.76. The van der Waals surface area contributed by atoms with Crippen LogP contribution in [0.4, 0.5) is 4.39 Å². The molecule has 1 aromatic heterocycles. The molecular formula is C12H14FN3O. The van der Waals surface area contributed by atoms with Gasteiger partial charge in [-0.1, -0.05) is 24.3 Å². The van der Waals surface area contributed by atoms with E-state index in [4.69, 9.17) is 0 Å². The number of rotatable bonds is 3. The van der Waals surface area contributed by atoms with Crippen LogP contribution in [0.25, 0.3) is 5.69 Å². The second kappa shape index (κ2) is 4.63. The molecule has 1 N–H and O–H groups in total. The summed E-state index contributed by atoms with van der Waals surface area (Å²) in [5.74, 6) is -0.354. The second-order valence-corrected chi connectivity index (χ2v) is 3.92. The Balaban J connectivity index is 2.44. The summed E-state index contributed by atoms with van der Waals surface area (Å²) in [6.45, 7) is 3.65. The first-order valence-corrected chi connectivity index (χ1v) is 5.49. The van der Waals surface area contributed by atoms with E-state index in [0.717, 1.165) is 5.56 Å². The summed E-state index contributed by atoms with van der Waals surface area (Å²) >= 11 is 0. The maximum Gasteiger partial charge on any atom is 0.149 e. The van der Waals surface area contributed by atoms with E-state index >= 15 is 0 Å². The number of aliphatic hydroxyl groups is 1. The van der Waals surface area contributed by atoms with Crippen LogP contribution in [0.2, 0.25) is 0 Å². The molecule has 0 aliphatic heterocycles. The van der Waals surface area contributed by atoms with Gasteiger partial charge in [0.05, 0.1) is 12.3 Å². The molecule has 17 heavy (non-hydrogen) atoms. The maximum atomic E-state index is 13.7. The van der Waals surface area contributed by atoms with Crippen LogP contribution in [0.15, 0.2) is 24.4 Å². The Morgan fingerprint density at radius 3 is 2.88 bits per heavy atom. The largest absolute Gasteiger partial charge is 0.387 e. The van der Waals surface area contributed by atoms with Crippen molar-refractivity contribution in [3.63, 3.8) is 0 Å². The number of halogens is 1. The summed E-state index contributed by atoms with van der Waals surface area (Å²) in [5, 5.41) is 17.3. The Bertz CT molecular complexity index is 504. The van der Waals surface area contributed by atoms with Crippen molar-refractivity contribution in [3.05, 3.63) is 41.5 Å². The minimum absolute atomic E-state index is 0.354. The van der Waals surface area contributed by atoms with Crippen molar-refractivity contribution >= 4 is 0 Å². The number of benzene rings is 1. The first-order valence-electron chi connectivity index (χ1n) is 5.49. The molecule has 1 atom stereocenters. The van der Waals surface area contributed by atoms with Crippen LogP contribution >= 0.6 is 0 Å². The number of nitrogens with zero attached hydrogens (tertiary/aromatic N) is 3. The van der Waals surface area contributed by atoms with Crippen molar-refractivity contribution in [2.45, 2.75) is 26.4 Å². The molecule has 0 saturated carbocycles. The third kappa shape index (κ3) is 2.19. The molecule has 2 aromatic rings. The van der Waals surface area contributed by atoms with Crippen LogP contribution < -0.4 is 0 Å². The molecule has 0 aliphatic rings. The number of aliphatic hydroxyl groups excluding tert-OH is 1. The quantitative estimate of drug-likeness (QED) is 0.886. The van der Waals surface area contributed by atoms with Gasteiger partial charge in [-0.2, -0.15) is 0 Å². The van der Waals surface area contributed by atoms with Crippen LogP contribution in [0.3, 0.4) is 0 Å². The van der Waals surface area contributed by atoms with Gasteiger partial charge in [0.15, 0.2) is 0 Å². The highest BCUT2D eigenvalue weighted by Gasteiger charge is 2.13. The van der Waals surface area contributed by atoms with Gasteiger partial charge in [-0.3, -0.25) is 0 Å². The van der Waals surface area contributed by atoms with Gasteiger partial charge in [0.25, 0.3) is 0 Å². The van der Waals surface area contributed by atoms with E-state index in [2.05, 4.69) is 10.3 Å². The molecule has 0 amide bonds. The molecule has 0 aliphatic carbocycles. The fourth-order valence-electron chi connectivity index (χ4n) is 1.66. The van der Waals surface area contributed by atoms with Gasteiger partial charge in [-0.05, 0) is 25.0 Å². The minimum Gasteiger partial charge on any atom is -0.387 e. The zero-order valence-corrected chi connectivity index (χ0v) is 9.76. The highest BCUT2D eigenvalue weighted by Crippen LogP contribution is 2.19. The van der Waals surface area contributed by atoms with E-state index in [-0.39, 0.29) is 5.82 Å². The number of aryl methyl sites for hydroxylation is 1. The van der Waals surface area contributed by atoms with Gasteiger partial charge in [0.2, 0.25) is 0 Å². The van der Waals surface area contributed by atoms with Crippen molar-refractivity contribution < 1.29 is 9.50 Å². The van der Waals surface area contributed by atoms with Gasteiger partial charge < -0.3 is 5.11 Å². The molecule has 0 saturated heterocycles. The summed E-state index contributed by atoms with van der Waals surface area (Å²) in [4.78, 5) is 0. The predicted octanol–water partition coefficient (Wildman–Crippen LogP) is 2.16. The van der Waals surface area contributed by atoms with Crippen molar-refractivity contribution in [1.29, 1.82) is 0 Å². The Labute approximate surface area is 98.7 Å². The van der Waals surface area contributed by atoms with Crippen LogP contribution in [0.1, 0.15) is 30.7 Å². The Hall–Kier alpha value is -1.75. The van der Waals surface area contributed by atoms with E-state index in [1.807, 2.05) is 6.92 Å². The number of para-hydroxylation sites is 1. The lowest BCUT2D eigenvalue weighted by Gasteiger charge is -2.05. The molecule has 5 heteroatoms. The molecule has 0 spiro atoms. The van der Waals surface area contributed by atoms with E-state index in [9.17, 15) is 9.50 Å². The fraction of sp³-hybridized carbons (Fsp3) is 0.333. The topological polar surface area (TPSA) is 50.9 Å². The average molecular weight is 235 g/mol. The summed E-state index contributed by atoms with van der Waals surface area (Å²) in [6, 6.07) is 4.82.